The van der Waals surface area contributed by atoms with E-state index in [-0.39, 0.29) is 17.1 Å². The Bertz CT molecular complexity index is 1000. The number of aryl methyl sites for hydroxylation is 1. The number of benzene rings is 2. The van der Waals surface area contributed by atoms with E-state index in [1.165, 1.54) is 28.6 Å². The van der Waals surface area contributed by atoms with Crippen LogP contribution >= 0.6 is 0 Å². The van der Waals surface area contributed by atoms with Crippen LogP contribution in [0.25, 0.3) is 0 Å². The second-order valence-electron chi connectivity index (χ2n) is 7.38. The monoisotopic (exact) mass is 461 g/mol. The van der Waals surface area contributed by atoms with E-state index in [9.17, 15) is 18.0 Å². The van der Waals surface area contributed by atoms with Crippen LogP contribution in [0.3, 0.4) is 0 Å². The number of hydrazine groups is 1. The van der Waals surface area contributed by atoms with Crippen molar-refractivity contribution in [3.8, 4) is 0 Å². The number of nitrogens with one attached hydrogen (secondary N) is 2. The van der Waals surface area contributed by atoms with E-state index in [1.54, 1.807) is 0 Å². The second kappa shape index (κ2) is 12.2. The van der Waals surface area contributed by atoms with Gasteiger partial charge >= 0.3 is 6.09 Å². The molecular weight excluding hydrogens is 430 g/mol. The number of rotatable bonds is 10. The standard InChI is InChI=1S/C23H31N3O5S/c1-4-14-26(15-5-2)32(29,30)21-11-9-20(10-12-21)22(27)24-25-23(28)31-16-13-19-8-6-7-18(3)17-19/h6-12,17H,4-5,13-16H2,1-3H3,(H,24,27)(H,25,28). The molecule has 0 aliphatic rings. The maximum atomic E-state index is 12.8. The maximum absolute atomic E-state index is 12.8. The highest BCUT2D eigenvalue weighted by atomic mass is 32.2. The van der Waals surface area contributed by atoms with Gasteiger partial charge in [-0.05, 0) is 49.6 Å². The first-order valence-corrected chi connectivity index (χ1v) is 12.1. The molecule has 9 heteroatoms. The minimum Gasteiger partial charge on any atom is -0.448 e. The van der Waals surface area contributed by atoms with Crippen LogP contribution in [0.5, 0.6) is 0 Å². The van der Waals surface area contributed by atoms with Gasteiger partial charge in [0, 0.05) is 25.1 Å². The number of hydrogen-bond donors (Lipinski definition) is 2. The number of hydrogen-bond acceptors (Lipinski definition) is 5. The first-order valence-electron chi connectivity index (χ1n) is 10.7. The van der Waals surface area contributed by atoms with Crippen LogP contribution in [0.2, 0.25) is 0 Å². The van der Waals surface area contributed by atoms with Crippen molar-refractivity contribution in [2.75, 3.05) is 19.7 Å². The van der Waals surface area contributed by atoms with Crippen LogP contribution < -0.4 is 10.9 Å². The van der Waals surface area contributed by atoms with Crippen molar-refractivity contribution in [1.82, 2.24) is 15.2 Å². The van der Waals surface area contributed by atoms with Crippen molar-refractivity contribution in [2.24, 2.45) is 0 Å². The fourth-order valence-electron chi connectivity index (χ4n) is 3.12. The molecule has 32 heavy (non-hydrogen) atoms. The predicted octanol–water partition coefficient (Wildman–Crippen LogP) is 3.42. The zero-order valence-corrected chi connectivity index (χ0v) is 19.6. The molecule has 2 aromatic rings. The Balaban J connectivity index is 1.86. The highest BCUT2D eigenvalue weighted by molar-refractivity contribution is 7.89. The van der Waals surface area contributed by atoms with Crippen molar-refractivity contribution >= 4 is 22.0 Å². The summed E-state index contributed by atoms with van der Waals surface area (Å²) in [6.07, 6.45) is 1.21. The Labute approximate surface area is 190 Å². The molecule has 0 spiro atoms. The molecular formula is C23H31N3O5S. The third kappa shape index (κ3) is 7.35. The molecule has 174 valence electrons. The van der Waals surface area contributed by atoms with Gasteiger partial charge in [-0.1, -0.05) is 43.7 Å². The van der Waals surface area contributed by atoms with Crippen molar-refractivity contribution in [3.05, 3.63) is 65.2 Å². The number of nitrogens with zero attached hydrogens (tertiary/aromatic N) is 1. The van der Waals surface area contributed by atoms with Crippen molar-refractivity contribution in [3.63, 3.8) is 0 Å². The van der Waals surface area contributed by atoms with Gasteiger partial charge in [0.25, 0.3) is 5.91 Å². The Morgan fingerprint density at radius 2 is 1.62 bits per heavy atom. The van der Waals surface area contributed by atoms with Crippen LogP contribution in [0.1, 0.15) is 48.2 Å². The van der Waals surface area contributed by atoms with Gasteiger partial charge in [-0.25, -0.2) is 18.6 Å². The molecule has 0 bridgehead atoms. The maximum Gasteiger partial charge on any atom is 0.426 e. The number of amides is 2. The van der Waals surface area contributed by atoms with Crippen LogP contribution in [0.15, 0.2) is 53.4 Å². The van der Waals surface area contributed by atoms with Crippen LogP contribution in [0, 0.1) is 6.92 Å². The van der Waals surface area contributed by atoms with E-state index in [0.29, 0.717) is 32.4 Å². The lowest BCUT2D eigenvalue weighted by Gasteiger charge is -2.21. The fraction of sp³-hybridized carbons (Fsp3) is 0.391. The number of ether oxygens (including phenoxy) is 1. The lowest BCUT2D eigenvalue weighted by atomic mass is 10.1. The zero-order chi connectivity index (χ0) is 23.6. The summed E-state index contributed by atoms with van der Waals surface area (Å²) in [5, 5.41) is 0. The summed E-state index contributed by atoms with van der Waals surface area (Å²) in [6.45, 7) is 6.88. The molecule has 2 aromatic carbocycles. The Kier molecular flexibility index (Phi) is 9.67. The largest absolute Gasteiger partial charge is 0.448 e. The van der Waals surface area contributed by atoms with Crippen LogP contribution in [-0.4, -0.2) is 44.4 Å². The first-order chi connectivity index (χ1) is 15.3. The van der Waals surface area contributed by atoms with E-state index in [0.717, 1.165) is 11.1 Å². The van der Waals surface area contributed by atoms with Gasteiger partial charge in [0.1, 0.15) is 0 Å². The molecule has 0 radical (unpaired) electrons. The molecule has 0 fully saturated rings. The predicted molar refractivity (Wildman–Crippen MR) is 123 cm³/mol. The van der Waals surface area contributed by atoms with E-state index in [1.807, 2.05) is 45.0 Å². The molecule has 2 rings (SSSR count). The minimum atomic E-state index is -3.62. The highest BCUT2D eigenvalue weighted by Crippen LogP contribution is 2.17. The molecule has 0 heterocycles. The Hall–Kier alpha value is -2.91. The lowest BCUT2D eigenvalue weighted by molar-refractivity contribution is 0.0910. The SMILES string of the molecule is CCCN(CCC)S(=O)(=O)c1ccc(C(=O)NNC(=O)OCCc2cccc(C)c2)cc1. The number of carbonyl (C=O) groups excluding carboxylic acids is 2. The lowest BCUT2D eigenvalue weighted by Crippen LogP contribution is -2.42. The summed E-state index contributed by atoms with van der Waals surface area (Å²) >= 11 is 0. The third-order valence-corrected chi connectivity index (χ3v) is 6.60. The zero-order valence-electron chi connectivity index (χ0n) is 18.8. The number of sulfonamides is 1. The molecule has 0 unspecified atom stereocenters. The molecule has 0 saturated heterocycles. The van der Waals surface area contributed by atoms with Crippen molar-refractivity contribution in [1.29, 1.82) is 0 Å². The summed E-state index contributed by atoms with van der Waals surface area (Å²) < 4.78 is 32.1. The van der Waals surface area contributed by atoms with Crippen LogP contribution in [0.4, 0.5) is 4.79 Å². The normalized spacial score (nSPS) is 11.2. The molecule has 0 saturated carbocycles. The van der Waals surface area contributed by atoms with E-state index < -0.39 is 22.0 Å². The molecule has 0 atom stereocenters. The van der Waals surface area contributed by atoms with E-state index >= 15 is 0 Å². The minimum absolute atomic E-state index is 0.125. The molecule has 0 aromatic heterocycles. The Morgan fingerprint density at radius 1 is 0.969 bits per heavy atom. The smallest absolute Gasteiger partial charge is 0.426 e. The average molecular weight is 462 g/mol. The van der Waals surface area contributed by atoms with Gasteiger partial charge < -0.3 is 4.74 Å². The van der Waals surface area contributed by atoms with Crippen molar-refractivity contribution < 1.29 is 22.7 Å². The van der Waals surface area contributed by atoms with Gasteiger partial charge in [-0.15, -0.1) is 0 Å². The molecule has 2 amide bonds. The molecule has 2 N–H and O–H groups in total. The Morgan fingerprint density at radius 3 is 2.22 bits per heavy atom. The van der Waals surface area contributed by atoms with E-state index in [2.05, 4.69) is 10.9 Å². The van der Waals surface area contributed by atoms with Crippen molar-refractivity contribution in [2.45, 2.75) is 44.9 Å². The van der Waals surface area contributed by atoms with Gasteiger partial charge in [0.2, 0.25) is 10.0 Å². The highest BCUT2D eigenvalue weighted by Gasteiger charge is 2.23. The van der Waals surface area contributed by atoms with E-state index in [4.69, 9.17) is 4.74 Å². The summed E-state index contributed by atoms with van der Waals surface area (Å²) in [6, 6.07) is 13.5. The molecule has 8 nitrogen and oxygen atoms in total. The summed E-state index contributed by atoms with van der Waals surface area (Å²) in [7, 11) is -3.62. The fourth-order valence-corrected chi connectivity index (χ4v) is 4.75. The first kappa shape index (κ1) is 25.4. The number of carbonyl (C=O) groups is 2. The third-order valence-electron chi connectivity index (χ3n) is 4.68. The van der Waals surface area contributed by atoms with Crippen LogP contribution in [-0.2, 0) is 21.2 Å². The topological polar surface area (TPSA) is 105 Å². The molecule has 0 aliphatic carbocycles. The van der Waals surface area contributed by atoms with Gasteiger partial charge in [-0.3, -0.25) is 10.2 Å². The van der Waals surface area contributed by atoms with Gasteiger partial charge in [-0.2, -0.15) is 4.31 Å². The summed E-state index contributed by atoms with van der Waals surface area (Å²) in [5.41, 5.74) is 6.83. The quantitative estimate of drug-likeness (QED) is 0.528. The summed E-state index contributed by atoms with van der Waals surface area (Å²) in [4.78, 5) is 24.2. The van der Waals surface area contributed by atoms with Gasteiger partial charge in [0.05, 0.1) is 11.5 Å². The molecule has 0 aliphatic heterocycles. The average Bonchev–Trinajstić information content (AvgIpc) is 2.77. The summed E-state index contributed by atoms with van der Waals surface area (Å²) in [5.74, 6) is -0.580. The second-order valence-corrected chi connectivity index (χ2v) is 9.32. The van der Waals surface area contributed by atoms with Gasteiger partial charge in [0.15, 0.2) is 0 Å².